The van der Waals surface area contributed by atoms with E-state index < -0.39 is 10.9 Å². The standard InChI is InChI=1S/C16H16N2O5S/c1-4-23-16(20)14-13(9(2)24-15(14)17-10(3)19)11-5-7-12(8-6-11)18(21)22/h5-8H,4H2,1-3H3,(H,17,19). The van der Waals surface area contributed by atoms with Gasteiger partial charge in [-0.3, -0.25) is 14.9 Å². The molecule has 1 aromatic heterocycles. The van der Waals surface area contributed by atoms with E-state index in [2.05, 4.69) is 5.32 Å². The molecule has 0 atom stereocenters. The SMILES string of the molecule is CCOC(=O)c1c(NC(C)=O)sc(C)c1-c1ccc([N+](=O)[O-])cc1. The normalized spacial score (nSPS) is 10.3. The van der Waals surface area contributed by atoms with E-state index in [4.69, 9.17) is 4.74 Å². The zero-order valence-corrected chi connectivity index (χ0v) is 14.2. The van der Waals surface area contributed by atoms with Gasteiger partial charge in [-0.1, -0.05) is 0 Å². The van der Waals surface area contributed by atoms with Gasteiger partial charge in [-0.2, -0.15) is 0 Å². The predicted molar refractivity (Wildman–Crippen MR) is 91.4 cm³/mol. The molecule has 8 heteroatoms. The second-order valence-electron chi connectivity index (χ2n) is 4.94. The van der Waals surface area contributed by atoms with Gasteiger partial charge in [0.15, 0.2) is 0 Å². The average molecular weight is 348 g/mol. The van der Waals surface area contributed by atoms with E-state index in [1.54, 1.807) is 19.1 Å². The third-order valence-corrected chi connectivity index (χ3v) is 4.24. The Balaban J connectivity index is 2.59. The van der Waals surface area contributed by atoms with Crippen LogP contribution in [0.3, 0.4) is 0 Å². The molecule has 0 radical (unpaired) electrons. The maximum absolute atomic E-state index is 12.4. The van der Waals surface area contributed by atoms with Crippen molar-refractivity contribution in [2.75, 3.05) is 11.9 Å². The van der Waals surface area contributed by atoms with Crippen LogP contribution < -0.4 is 5.32 Å². The highest BCUT2D eigenvalue weighted by Gasteiger charge is 2.25. The Hall–Kier alpha value is -2.74. The Morgan fingerprint density at radius 3 is 2.42 bits per heavy atom. The lowest BCUT2D eigenvalue weighted by Crippen LogP contribution is -2.11. The van der Waals surface area contributed by atoms with Crippen molar-refractivity contribution in [3.05, 3.63) is 44.8 Å². The lowest BCUT2D eigenvalue weighted by atomic mass is 10.0. The third-order valence-electron chi connectivity index (χ3n) is 3.22. The molecule has 1 heterocycles. The van der Waals surface area contributed by atoms with Crippen LogP contribution in [-0.2, 0) is 9.53 Å². The highest BCUT2D eigenvalue weighted by Crippen LogP contribution is 2.40. The molecule has 0 aliphatic carbocycles. The molecule has 1 N–H and O–H groups in total. The number of anilines is 1. The van der Waals surface area contributed by atoms with E-state index in [1.165, 1.54) is 30.4 Å². The van der Waals surface area contributed by atoms with E-state index in [0.29, 0.717) is 16.1 Å². The van der Waals surface area contributed by atoms with Crippen molar-refractivity contribution in [2.24, 2.45) is 0 Å². The van der Waals surface area contributed by atoms with Crippen LogP contribution in [0, 0.1) is 17.0 Å². The van der Waals surface area contributed by atoms with Crippen LogP contribution in [0.5, 0.6) is 0 Å². The number of hydrogen-bond acceptors (Lipinski definition) is 6. The fourth-order valence-electron chi connectivity index (χ4n) is 2.29. The number of carbonyl (C=O) groups is 2. The molecule has 0 spiro atoms. The summed E-state index contributed by atoms with van der Waals surface area (Å²) >= 11 is 1.26. The van der Waals surface area contributed by atoms with Gasteiger partial charge in [0.2, 0.25) is 5.91 Å². The second kappa shape index (κ2) is 7.22. The number of esters is 1. The summed E-state index contributed by atoms with van der Waals surface area (Å²) < 4.78 is 5.10. The van der Waals surface area contributed by atoms with Gasteiger partial charge in [-0.25, -0.2) is 4.79 Å². The number of non-ortho nitro benzene ring substituents is 1. The number of aryl methyl sites for hydroxylation is 1. The van der Waals surface area contributed by atoms with Crippen LogP contribution in [0.15, 0.2) is 24.3 Å². The molecule has 1 amide bonds. The summed E-state index contributed by atoms with van der Waals surface area (Å²) in [4.78, 5) is 34.8. The van der Waals surface area contributed by atoms with Crippen LogP contribution in [0.1, 0.15) is 29.1 Å². The Morgan fingerprint density at radius 2 is 1.92 bits per heavy atom. The van der Waals surface area contributed by atoms with E-state index in [-0.39, 0.29) is 23.8 Å². The highest BCUT2D eigenvalue weighted by atomic mass is 32.1. The summed E-state index contributed by atoms with van der Waals surface area (Å²) in [7, 11) is 0. The minimum atomic E-state index is -0.543. The zero-order chi connectivity index (χ0) is 17.9. The molecule has 2 aromatic rings. The van der Waals surface area contributed by atoms with Crippen LogP contribution in [0.25, 0.3) is 11.1 Å². The molecule has 0 saturated heterocycles. The fraction of sp³-hybridized carbons (Fsp3) is 0.250. The van der Waals surface area contributed by atoms with Crippen molar-refractivity contribution in [1.29, 1.82) is 0 Å². The lowest BCUT2D eigenvalue weighted by Gasteiger charge is -2.08. The average Bonchev–Trinajstić information content (AvgIpc) is 2.83. The summed E-state index contributed by atoms with van der Waals surface area (Å²) in [5.74, 6) is -0.837. The Bertz CT molecular complexity index is 796. The number of amides is 1. The topological polar surface area (TPSA) is 98.5 Å². The second-order valence-corrected chi connectivity index (χ2v) is 6.17. The summed E-state index contributed by atoms with van der Waals surface area (Å²) in [6, 6.07) is 5.90. The fourth-order valence-corrected chi connectivity index (χ4v) is 3.40. The van der Waals surface area contributed by atoms with Crippen molar-refractivity contribution in [3.63, 3.8) is 0 Å². The van der Waals surface area contributed by atoms with E-state index in [0.717, 1.165) is 4.88 Å². The number of nitrogens with zero attached hydrogens (tertiary/aromatic N) is 1. The minimum absolute atomic E-state index is 0.0357. The van der Waals surface area contributed by atoms with Gasteiger partial charge in [-0.15, -0.1) is 11.3 Å². The number of nitro benzene ring substituents is 1. The summed E-state index contributed by atoms with van der Waals surface area (Å²) in [5.41, 5.74) is 1.49. The maximum Gasteiger partial charge on any atom is 0.341 e. The quantitative estimate of drug-likeness (QED) is 0.504. The number of nitrogens with one attached hydrogen (secondary N) is 1. The molecule has 0 aliphatic rings. The Kier molecular flexibility index (Phi) is 5.30. The molecule has 126 valence electrons. The Labute approximate surface area is 142 Å². The summed E-state index contributed by atoms with van der Waals surface area (Å²) in [6.07, 6.45) is 0. The molecule has 0 bridgehead atoms. The Morgan fingerprint density at radius 1 is 1.29 bits per heavy atom. The summed E-state index contributed by atoms with van der Waals surface area (Å²) in [6.45, 7) is 5.07. The minimum Gasteiger partial charge on any atom is -0.462 e. The highest BCUT2D eigenvalue weighted by molar-refractivity contribution is 7.17. The predicted octanol–water partition coefficient (Wildman–Crippen LogP) is 3.77. The largest absolute Gasteiger partial charge is 0.462 e. The van der Waals surface area contributed by atoms with Crippen molar-refractivity contribution < 1.29 is 19.2 Å². The molecular formula is C16H16N2O5S. The smallest absolute Gasteiger partial charge is 0.341 e. The van der Waals surface area contributed by atoms with Gasteiger partial charge in [0.25, 0.3) is 5.69 Å². The maximum atomic E-state index is 12.4. The van der Waals surface area contributed by atoms with E-state index in [1.807, 2.05) is 6.92 Å². The monoisotopic (exact) mass is 348 g/mol. The number of thiophene rings is 1. The molecule has 7 nitrogen and oxygen atoms in total. The van der Waals surface area contributed by atoms with Gasteiger partial charge in [0.05, 0.1) is 11.5 Å². The van der Waals surface area contributed by atoms with Crippen molar-refractivity contribution in [2.45, 2.75) is 20.8 Å². The number of nitro groups is 1. The van der Waals surface area contributed by atoms with Gasteiger partial charge in [-0.05, 0) is 31.5 Å². The zero-order valence-electron chi connectivity index (χ0n) is 13.4. The number of benzene rings is 1. The number of carbonyl (C=O) groups excluding carboxylic acids is 2. The third kappa shape index (κ3) is 3.60. The van der Waals surface area contributed by atoms with Crippen molar-refractivity contribution in [3.8, 4) is 11.1 Å². The van der Waals surface area contributed by atoms with Gasteiger partial charge in [0.1, 0.15) is 10.6 Å². The number of rotatable bonds is 5. The van der Waals surface area contributed by atoms with Crippen LogP contribution in [-0.4, -0.2) is 23.4 Å². The number of ether oxygens (including phenoxy) is 1. The first-order valence-corrected chi connectivity index (χ1v) is 7.99. The van der Waals surface area contributed by atoms with Crippen LogP contribution >= 0.6 is 11.3 Å². The molecule has 24 heavy (non-hydrogen) atoms. The van der Waals surface area contributed by atoms with Gasteiger partial charge >= 0.3 is 5.97 Å². The van der Waals surface area contributed by atoms with Crippen molar-refractivity contribution >= 4 is 33.9 Å². The van der Waals surface area contributed by atoms with Crippen LogP contribution in [0.2, 0.25) is 0 Å². The summed E-state index contributed by atoms with van der Waals surface area (Å²) in [5, 5.41) is 13.8. The first-order valence-electron chi connectivity index (χ1n) is 7.18. The van der Waals surface area contributed by atoms with Gasteiger partial charge < -0.3 is 10.1 Å². The molecule has 1 aromatic carbocycles. The molecule has 0 fully saturated rings. The first-order chi connectivity index (χ1) is 11.3. The first kappa shape index (κ1) is 17.6. The van der Waals surface area contributed by atoms with Crippen molar-refractivity contribution in [1.82, 2.24) is 0 Å². The van der Waals surface area contributed by atoms with E-state index in [9.17, 15) is 19.7 Å². The number of hydrogen-bond donors (Lipinski definition) is 1. The van der Waals surface area contributed by atoms with Gasteiger partial charge in [0, 0.05) is 29.5 Å². The molecule has 0 aliphatic heterocycles. The molecule has 0 saturated carbocycles. The molecule has 0 unspecified atom stereocenters. The molecular weight excluding hydrogens is 332 g/mol. The van der Waals surface area contributed by atoms with Crippen LogP contribution in [0.4, 0.5) is 10.7 Å². The molecule has 2 rings (SSSR count). The lowest BCUT2D eigenvalue weighted by molar-refractivity contribution is -0.384. The van der Waals surface area contributed by atoms with E-state index >= 15 is 0 Å².